The van der Waals surface area contributed by atoms with Gasteiger partial charge in [0.2, 0.25) is 5.91 Å². The van der Waals surface area contributed by atoms with E-state index in [9.17, 15) is 24.5 Å². The highest BCUT2D eigenvalue weighted by molar-refractivity contribution is 6.09. The topological polar surface area (TPSA) is 138 Å². The van der Waals surface area contributed by atoms with E-state index in [4.69, 9.17) is 18.9 Å². The summed E-state index contributed by atoms with van der Waals surface area (Å²) in [6, 6.07) is 12.1. The minimum Gasteiger partial charge on any atom is -0.504 e. The first-order valence-electron chi connectivity index (χ1n) is 17.2. The van der Waals surface area contributed by atoms with Gasteiger partial charge in [0.15, 0.2) is 0 Å². The fraction of sp³-hybridized carbons (Fsp3) is 0.541. The van der Waals surface area contributed by atoms with Gasteiger partial charge < -0.3 is 23.8 Å². The molecule has 2 aromatic rings. The average Bonchev–Trinajstić information content (AvgIpc) is 3.61. The third kappa shape index (κ3) is 7.01. The molecule has 1 spiro atoms. The lowest BCUT2D eigenvalue weighted by atomic mass is 9.67. The standard InChI is InChI=1S/C37H47N3O9/c1-5-25-23-38-19-17-37(33(38)22-27(25)29(24-46-2)34(41)48-4)30-13-9-10-14-32(30)39(36(37)43)18-11-7-6-8-12-20-49-35(42)28-21-26(47-3)15-16-31(28)40(44)45/h9-10,13-16,21,24-25,27,33H,5-8,11-12,17-20,22-23H2,1-4H3/b29-24+/t25-,27-,33-,37+/m0/s1. The van der Waals surface area contributed by atoms with Gasteiger partial charge in [0.05, 0.1) is 50.1 Å². The van der Waals surface area contributed by atoms with E-state index in [1.165, 1.54) is 38.7 Å². The smallest absolute Gasteiger partial charge is 0.345 e. The first-order chi connectivity index (χ1) is 23.7. The molecule has 2 saturated heterocycles. The van der Waals surface area contributed by atoms with Crippen LogP contribution in [0.3, 0.4) is 0 Å². The van der Waals surface area contributed by atoms with Crippen LogP contribution in [0.15, 0.2) is 54.3 Å². The number of esters is 2. The molecule has 264 valence electrons. The molecule has 12 heteroatoms. The van der Waals surface area contributed by atoms with E-state index >= 15 is 0 Å². The molecule has 0 aliphatic carbocycles. The van der Waals surface area contributed by atoms with Crippen molar-refractivity contribution < 1.29 is 38.3 Å². The molecule has 0 bridgehead atoms. The van der Waals surface area contributed by atoms with E-state index in [1.54, 1.807) is 7.11 Å². The van der Waals surface area contributed by atoms with Gasteiger partial charge in [0, 0.05) is 37.0 Å². The Bertz CT molecular complexity index is 1580. The molecule has 4 atom stereocenters. The normalized spacial score (nSPS) is 23.3. The number of para-hydroxylation sites is 1. The van der Waals surface area contributed by atoms with Crippen molar-refractivity contribution >= 4 is 29.2 Å². The lowest BCUT2D eigenvalue weighted by molar-refractivity contribution is -0.385. The van der Waals surface area contributed by atoms with Gasteiger partial charge in [-0.3, -0.25) is 19.8 Å². The largest absolute Gasteiger partial charge is 0.504 e. The average molecular weight is 678 g/mol. The summed E-state index contributed by atoms with van der Waals surface area (Å²) in [6.45, 7) is 4.55. The zero-order valence-corrected chi connectivity index (χ0v) is 28.9. The second kappa shape index (κ2) is 15.8. The lowest BCUT2D eigenvalue weighted by Gasteiger charge is -2.45. The summed E-state index contributed by atoms with van der Waals surface area (Å²) >= 11 is 0. The Morgan fingerprint density at radius 1 is 1.06 bits per heavy atom. The van der Waals surface area contributed by atoms with E-state index in [1.807, 2.05) is 23.1 Å². The number of carbonyl (C=O) groups is 3. The number of anilines is 1. The van der Waals surface area contributed by atoms with Crippen molar-refractivity contribution in [2.45, 2.75) is 69.7 Å². The number of methoxy groups -OCH3 is 3. The van der Waals surface area contributed by atoms with E-state index in [2.05, 4.69) is 17.9 Å². The maximum atomic E-state index is 14.5. The highest BCUT2D eigenvalue weighted by Gasteiger charge is 2.62. The molecule has 0 radical (unpaired) electrons. The molecule has 3 aliphatic rings. The van der Waals surface area contributed by atoms with Crippen molar-refractivity contribution in [2.75, 3.05) is 52.5 Å². The molecule has 2 aromatic carbocycles. The number of benzene rings is 2. The Balaban J connectivity index is 1.18. The molecule has 0 saturated carbocycles. The number of ether oxygens (including phenoxy) is 4. The number of piperidine rings is 1. The molecular weight excluding hydrogens is 630 g/mol. The number of fused-ring (bicyclic) bond motifs is 4. The molecule has 12 nitrogen and oxygen atoms in total. The molecule has 3 heterocycles. The highest BCUT2D eigenvalue weighted by Crippen LogP contribution is 2.55. The van der Waals surface area contributed by atoms with Crippen molar-refractivity contribution in [2.24, 2.45) is 11.8 Å². The number of hydrogen-bond donors (Lipinski definition) is 0. The van der Waals surface area contributed by atoms with Crippen LogP contribution in [0.25, 0.3) is 0 Å². The predicted octanol–water partition coefficient (Wildman–Crippen LogP) is 5.82. The number of nitrogens with zero attached hydrogens (tertiary/aromatic N) is 3. The molecule has 3 aliphatic heterocycles. The Labute approximate surface area is 287 Å². The Morgan fingerprint density at radius 3 is 2.53 bits per heavy atom. The zero-order valence-electron chi connectivity index (χ0n) is 28.9. The van der Waals surface area contributed by atoms with Crippen molar-refractivity contribution in [1.82, 2.24) is 4.90 Å². The van der Waals surface area contributed by atoms with Gasteiger partial charge in [-0.05, 0) is 61.8 Å². The second-order valence-corrected chi connectivity index (χ2v) is 13.1. The first kappa shape index (κ1) is 35.8. The minimum atomic E-state index is -0.748. The third-order valence-corrected chi connectivity index (χ3v) is 10.6. The SMILES string of the molecule is CC[C@H]1CN2CC[C@]3(C(=O)N(CCCCCCCOC(=O)c4cc(OC)ccc4[N+](=O)[O-])c4ccccc43)[C@@H]2C[C@@H]1/C(=C\OC)C(=O)OC. The van der Waals surface area contributed by atoms with Crippen molar-refractivity contribution in [1.29, 1.82) is 0 Å². The third-order valence-electron chi connectivity index (χ3n) is 10.6. The fourth-order valence-corrected chi connectivity index (χ4v) is 8.16. The maximum absolute atomic E-state index is 14.5. The summed E-state index contributed by atoms with van der Waals surface area (Å²) in [4.78, 5) is 55.1. The minimum absolute atomic E-state index is 0.0371. The van der Waals surface area contributed by atoms with Crippen LogP contribution in [0, 0.1) is 22.0 Å². The molecule has 2 fully saturated rings. The van der Waals surface area contributed by atoms with Gasteiger partial charge in [-0.1, -0.05) is 50.8 Å². The summed E-state index contributed by atoms with van der Waals surface area (Å²) in [5, 5.41) is 11.3. The van der Waals surface area contributed by atoms with Crippen LogP contribution in [-0.4, -0.2) is 81.3 Å². The number of hydrogen-bond acceptors (Lipinski definition) is 10. The summed E-state index contributed by atoms with van der Waals surface area (Å²) in [7, 11) is 4.36. The van der Waals surface area contributed by atoms with Crippen LogP contribution in [0.5, 0.6) is 5.75 Å². The van der Waals surface area contributed by atoms with Crippen LogP contribution in [0.2, 0.25) is 0 Å². The van der Waals surface area contributed by atoms with Gasteiger partial charge >= 0.3 is 11.9 Å². The Kier molecular flexibility index (Phi) is 11.6. The molecule has 1 amide bonds. The summed E-state index contributed by atoms with van der Waals surface area (Å²) < 4.78 is 20.9. The highest BCUT2D eigenvalue weighted by atomic mass is 16.6. The number of carbonyl (C=O) groups excluding carboxylic acids is 3. The van der Waals surface area contributed by atoms with Crippen LogP contribution in [0.1, 0.15) is 74.2 Å². The summed E-state index contributed by atoms with van der Waals surface area (Å²) in [5.74, 6) is -0.477. The Morgan fingerprint density at radius 2 is 1.82 bits per heavy atom. The molecule has 0 aromatic heterocycles. The first-order valence-corrected chi connectivity index (χ1v) is 17.2. The van der Waals surface area contributed by atoms with Crippen LogP contribution in [-0.2, 0) is 29.2 Å². The number of nitro benzene ring substituents is 1. The van der Waals surface area contributed by atoms with Crippen molar-refractivity contribution in [3.63, 3.8) is 0 Å². The second-order valence-electron chi connectivity index (χ2n) is 13.1. The molecular formula is C37H47N3O9. The fourth-order valence-electron chi connectivity index (χ4n) is 8.16. The maximum Gasteiger partial charge on any atom is 0.345 e. The quantitative estimate of drug-likeness (QED) is 0.0566. The molecule has 0 N–H and O–H groups in total. The van der Waals surface area contributed by atoms with Gasteiger partial charge in [-0.2, -0.15) is 0 Å². The van der Waals surface area contributed by atoms with Gasteiger partial charge in [0.1, 0.15) is 11.3 Å². The number of rotatable bonds is 15. The summed E-state index contributed by atoms with van der Waals surface area (Å²) in [5.41, 5.74) is 1.47. The number of nitro groups is 1. The van der Waals surface area contributed by atoms with E-state index in [0.29, 0.717) is 30.7 Å². The monoisotopic (exact) mass is 677 g/mol. The van der Waals surface area contributed by atoms with E-state index in [0.717, 1.165) is 62.9 Å². The number of amides is 1. The summed E-state index contributed by atoms with van der Waals surface area (Å²) in [6.07, 6.45) is 7.89. The molecule has 5 rings (SSSR count). The number of unbranched alkanes of at least 4 members (excludes halogenated alkanes) is 4. The van der Waals surface area contributed by atoms with Crippen LogP contribution in [0.4, 0.5) is 11.4 Å². The van der Waals surface area contributed by atoms with Gasteiger partial charge in [-0.25, -0.2) is 9.59 Å². The molecule has 49 heavy (non-hydrogen) atoms. The predicted molar refractivity (Wildman–Crippen MR) is 182 cm³/mol. The van der Waals surface area contributed by atoms with Gasteiger partial charge in [-0.15, -0.1) is 0 Å². The van der Waals surface area contributed by atoms with Gasteiger partial charge in [0.25, 0.3) is 5.69 Å². The lowest BCUT2D eigenvalue weighted by Crippen LogP contribution is -2.55. The van der Waals surface area contributed by atoms with E-state index < -0.39 is 16.3 Å². The Hall–Kier alpha value is -4.45. The van der Waals surface area contributed by atoms with Crippen LogP contribution < -0.4 is 9.64 Å². The van der Waals surface area contributed by atoms with Crippen LogP contribution >= 0.6 is 0 Å². The van der Waals surface area contributed by atoms with Crippen molar-refractivity contribution in [3.05, 3.63) is 75.5 Å². The van der Waals surface area contributed by atoms with E-state index in [-0.39, 0.29) is 47.6 Å². The molecule has 0 unspecified atom stereocenters. The van der Waals surface area contributed by atoms with Crippen molar-refractivity contribution in [3.8, 4) is 5.75 Å². The zero-order chi connectivity index (χ0) is 35.1.